The maximum absolute atomic E-state index is 3.95. The lowest BCUT2D eigenvalue weighted by Gasteiger charge is -2.25. The van der Waals surface area contributed by atoms with Crippen molar-refractivity contribution in [3.05, 3.63) is 34.9 Å². The van der Waals surface area contributed by atoms with Crippen LogP contribution in [0, 0.1) is 5.92 Å². The van der Waals surface area contributed by atoms with Gasteiger partial charge in [-0.2, -0.15) is 0 Å². The van der Waals surface area contributed by atoms with Crippen LogP contribution in [-0.2, 0) is 12.8 Å². The van der Waals surface area contributed by atoms with Crippen molar-refractivity contribution in [1.29, 1.82) is 0 Å². The van der Waals surface area contributed by atoms with E-state index in [-0.39, 0.29) is 0 Å². The summed E-state index contributed by atoms with van der Waals surface area (Å²) in [6.45, 7) is 0. The first-order valence-corrected chi connectivity index (χ1v) is 9.00. The molecule has 1 heteroatoms. The Labute approximate surface area is 126 Å². The minimum atomic E-state index is 0.572. The highest BCUT2D eigenvalue weighted by Crippen LogP contribution is 2.37. The van der Waals surface area contributed by atoms with Gasteiger partial charge in [0.2, 0.25) is 0 Å². The summed E-state index contributed by atoms with van der Waals surface area (Å²) in [6.07, 6.45) is 14.0. The van der Waals surface area contributed by atoms with Crippen LogP contribution in [0.3, 0.4) is 0 Å². The Bertz CT molecular complexity index is 418. The van der Waals surface area contributed by atoms with Crippen LogP contribution in [0.2, 0.25) is 0 Å². The van der Waals surface area contributed by atoms with Crippen molar-refractivity contribution in [3.63, 3.8) is 0 Å². The van der Waals surface area contributed by atoms with E-state index < -0.39 is 0 Å². The molecule has 0 saturated heterocycles. The number of hydrogen-bond donors (Lipinski definition) is 0. The van der Waals surface area contributed by atoms with Crippen LogP contribution in [-0.4, -0.2) is 0 Å². The predicted octanol–water partition coefficient (Wildman–Crippen LogP) is 5.97. The second-order valence-electron chi connectivity index (χ2n) is 6.44. The molecule has 104 valence electrons. The summed E-state index contributed by atoms with van der Waals surface area (Å²) in [5.41, 5.74) is 4.75. The molecular formula is C18H25Br. The fourth-order valence-corrected chi connectivity index (χ4v) is 4.61. The molecule has 1 saturated carbocycles. The Kier molecular flexibility index (Phi) is 4.63. The first-order valence-electron chi connectivity index (χ1n) is 8.09. The lowest BCUT2D eigenvalue weighted by atomic mass is 9.84. The summed E-state index contributed by atoms with van der Waals surface area (Å²) in [4.78, 5) is 0.572. The van der Waals surface area contributed by atoms with E-state index in [0.717, 1.165) is 5.92 Å². The summed E-state index contributed by atoms with van der Waals surface area (Å²) in [7, 11) is 0. The maximum Gasteiger partial charge on any atom is 0.0398 e. The zero-order chi connectivity index (χ0) is 13.1. The number of aryl methyl sites for hydroxylation is 2. The van der Waals surface area contributed by atoms with Gasteiger partial charge in [0.1, 0.15) is 0 Å². The third-order valence-electron chi connectivity index (χ3n) is 5.00. The van der Waals surface area contributed by atoms with Gasteiger partial charge < -0.3 is 0 Å². The van der Waals surface area contributed by atoms with Crippen LogP contribution in [0.15, 0.2) is 18.2 Å². The van der Waals surface area contributed by atoms with E-state index in [2.05, 4.69) is 34.1 Å². The Balaban J connectivity index is 1.67. The normalized spacial score (nSPS) is 21.9. The molecule has 0 aliphatic heterocycles. The van der Waals surface area contributed by atoms with Gasteiger partial charge in [0.15, 0.2) is 0 Å². The van der Waals surface area contributed by atoms with Gasteiger partial charge in [-0.3, -0.25) is 0 Å². The molecule has 19 heavy (non-hydrogen) atoms. The number of alkyl halides is 1. The van der Waals surface area contributed by atoms with Crippen molar-refractivity contribution >= 4 is 15.9 Å². The van der Waals surface area contributed by atoms with Crippen LogP contribution in [0.25, 0.3) is 0 Å². The minimum absolute atomic E-state index is 0.572. The van der Waals surface area contributed by atoms with E-state index in [1.807, 2.05) is 0 Å². The number of fused-ring (bicyclic) bond motifs is 1. The second kappa shape index (κ2) is 6.43. The monoisotopic (exact) mass is 320 g/mol. The Hall–Kier alpha value is -0.300. The molecule has 1 aromatic carbocycles. The van der Waals surface area contributed by atoms with Gasteiger partial charge in [-0.1, -0.05) is 66.2 Å². The van der Waals surface area contributed by atoms with Crippen molar-refractivity contribution in [1.82, 2.24) is 0 Å². The molecule has 2 aliphatic carbocycles. The highest BCUT2D eigenvalue weighted by atomic mass is 79.9. The average molecular weight is 321 g/mol. The van der Waals surface area contributed by atoms with Gasteiger partial charge >= 0.3 is 0 Å². The van der Waals surface area contributed by atoms with E-state index in [0.29, 0.717) is 4.83 Å². The van der Waals surface area contributed by atoms with Crippen LogP contribution in [0.5, 0.6) is 0 Å². The zero-order valence-corrected chi connectivity index (χ0v) is 13.4. The fraction of sp³-hybridized carbons (Fsp3) is 0.667. The van der Waals surface area contributed by atoms with Gasteiger partial charge in [-0.05, 0) is 54.7 Å². The topological polar surface area (TPSA) is 0 Å². The number of halogens is 1. The molecule has 0 aromatic heterocycles. The quantitative estimate of drug-likeness (QED) is 0.601. The highest BCUT2D eigenvalue weighted by molar-refractivity contribution is 9.09. The molecule has 1 atom stereocenters. The maximum atomic E-state index is 3.95. The van der Waals surface area contributed by atoms with Gasteiger partial charge in [-0.15, -0.1) is 0 Å². The molecule has 2 aliphatic rings. The van der Waals surface area contributed by atoms with Crippen LogP contribution in [0.4, 0.5) is 0 Å². The van der Waals surface area contributed by atoms with Gasteiger partial charge in [-0.25, -0.2) is 0 Å². The van der Waals surface area contributed by atoms with Crippen molar-refractivity contribution in [2.45, 2.75) is 69.0 Å². The molecule has 1 aromatic rings. The number of rotatable bonds is 3. The molecular weight excluding hydrogens is 296 g/mol. The highest BCUT2D eigenvalue weighted by Gasteiger charge is 2.19. The Morgan fingerprint density at radius 2 is 1.68 bits per heavy atom. The fourth-order valence-electron chi connectivity index (χ4n) is 3.80. The van der Waals surface area contributed by atoms with Gasteiger partial charge in [0, 0.05) is 4.83 Å². The molecule has 0 amide bonds. The molecule has 0 radical (unpaired) electrons. The third kappa shape index (κ3) is 3.42. The minimum Gasteiger partial charge on any atom is -0.0839 e. The summed E-state index contributed by atoms with van der Waals surface area (Å²) in [6, 6.07) is 7.24. The Morgan fingerprint density at radius 3 is 2.47 bits per heavy atom. The van der Waals surface area contributed by atoms with E-state index in [1.165, 1.54) is 69.8 Å². The van der Waals surface area contributed by atoms with Crippen molar-refractivity contribution in [2.75, 3.05) is 0 Å². The second-order valence-corrected chi connectivity index (χ2v) is 7.55. The summed E-state index contributed by atoms with van der Waals surface area (Å²) in [5.74, 6) is 0.953. The van der Waals surface area contributed by atoms with Gasteiger partial charge in [0.05, 0.1) is 0 Å². The summed E-state index contributed by atoms with van der Waals surface area (Å²) >= 11 is 3.95. The van der Waals surface area contributed by atoms with Crippen LogP contribution >= 0.6 is 15.9 Å². The predicted molar refractivity (Wildman–Crippen MR) is 85.9 cm³/mol. The first kappa shape index (κ1) is 13.7. The van der Waals surface area contributed by atoms with Crippen molar-refractivity contribution < 1.29 is 0 Å². The molecule has 0 bridgehead atoms. The number of hydrogen-bond acceptors (Lipinski definition) is 0. The van der Waals surface area contributed by atoms with E-state index in [1.54, 1.807) is 11.1 Å². The van der Waals surface area contributed by atoms with E-state index in [4.69, 9.17) is 0 Å². The van der Waals surface area contributed by atoms with E-state index >= 15 is 0 Å². The lowest BCUT2D eigenvalue weighted by Crippen LogP contribution is -2.09. The van der Waals surface area contributed by atoms with Crippen LogP contribution in [0.1, 0.15) is 72.9 Å². The summed E-state index contributed by atoms with van der Waals surface area (Å²) in [5, 5.41) is 0. The SMILES string of the molecule is BrC(CC1CCCCC1)c1ccc2c(c1)CCCC2. The number of benzene rings is 1. The van der Waals surface area contributed by atoms with Gasteiger partial charge in [0.25, 0.3) is 0 Å². The molecule has 3 rings (SSSR count). The molecule has 0 heterocycles. The molecule has 1 fully saturated rings. The average Bonchev–Trinajstić information content (AvgIpc) is 2.48. The standard InChI is InChI=1S/C18H25Br/c19-18(12-14-6-2-1-3-7-14)17-11-10-15-8-4-5-9-16(15)13-17/h10-11,13-14,18H,1-9,12H2. The molecule has 0 spiro atoms. The molecule has 0 N–H and O–H groups in total. The summed E-state index contributed by atoms with van der Waals surface area (Å²) < 4.78 is 0. The molecule has 1 unspecified atom stereocenters. The first-order chi connectivity index (χ1) is 9.33. The van der Waals surface area contributed by atoms with Crippen molar-refractivity contribution in [2.24, 2.45) is 5.92 Å². The van der Waals surface area contributed by atoms with Crippen molar-refractivity contribution in [3.8, 4) is 0 Å². The largest absolute Gasteiger partial charge is 0.0839 e. The molecule has 0 nitrogen and oxygen atoms in total. The smallest absolute Gasteiger partial charge is 0.0398 e. The Morgan fingerprint density at radius 1 is 0.947 bits per heavy atom. The third-order valence-corrected chi connectivity index (χ3v) is 5.90. The lowest BCUT2D eigenvalue weighted by molar-refractivity contribution is 0.338. The van der Waals surface area contributed by atoms with E-state index in [9.17, 15) is 0 Å². The zero-order valence-electron chi connectivity index (χ0n) is 11.8. The van der Waals surface area contributed by atoms with Crippen LogP contribution < -0.4 is 0 Å².